The lowest BCUT2D eigenvalue weighted by atomic mass is 10.1. The Morgan fingerprint density at radius 3 is 3.04 bits per heavy atom. The highest BCUT2D eigenvalue weighted by molar-refractivity contribution is 5.78. The standard InChI is InChI=1S/C18H19N5O/c24-18(8-7-17-21-13-4-1-2-5-14(13)22-17)23-11-3-6-16(23)15-9-10-19-12-20-15/h1-2,4-5,9-10,12,16H,3,6-8,11H2,(H,21,22). The Hall–Kier alpha value is -2.76. The van der Waals surface area contributed by atoms with Gasteiger partial charge in [0.05, 0.1) is 22.8 Å². The molecule has 122 valence electrons. The molecule has 4 rings (SSSR count). The van der Waals surface area contributed by atoms with E-state index >= 15 is 0 Å². The minimum absolute atomic E-state index is 0.0798. The number of H-pyrrole nitrogens is 1. The van der Waals surface area contributed by atoms with Crippen molar-refractivity contribution in [3.05, 3.63) is 54.4 Å². The predicted molar refractivity (Wildman–Crippen MR) is 90.1 cm³/mol. The summed E-state index contributed by atoms with van der Waals surface area (Å²) in [6.45, 7) is 0.799. The van der Waals surface area contributed by atoms with Crippen LogP contribution in [-0.4, -0.2) is 37.3 Å². The summed E-state index contributed by atoms with van der Waals surface area (Å²) in [5, 5.41) is 0. The molecule has 6 nitrogen and oxygen atoms in total. The fraction of sp³-hybridized carbons (Fsp3) is 0.333. The van der Waals surface area contributed by atoms with Crippen LogP contribution in [0.3, 0.4) is 0 Å². The Labute approximate surface area is 140 Å². The monoisotopic (exact) mass is 321 g/mol. The Bertz CT molecular complexity index is 812. The number of para-hydroxylation sites is 2. The molecule has 1 unspecified atom stereocenters. The van der Waals surface area contributed by atoms with Crippen molar-refractivity contribution in [1.82, 2.24) is 24.8 Å². The van der Waals surface area contributed by atoms with Crippen LogP contribution in [0.4, 0.5) is 0 Å². The third kappa shape index (κ3) is 2.87. The quantitative estimate of drug-likeness (QED) is 0.801. The van der Waals surface area contributed by atoms with Gasteiger partial charge in [-0.1, -0.05) is 12.1 Å². The first-order chi connectivity index (χ1) is 11.8. The first-order valence-corrected chi connectivity index (χ1v) is 8.30. The number of nitrogens with one attached hydrogen (secondary N) is 1. The molecule has 0 radical (unpaired) electrons. The number of likely N-dealkylation sites (tertiary alicyclic amines) is 1. The van der Waals surface area contributed by atoms with E-state index in [-0.39, 0.29) is 11.9 Å². The number of imidazole rings is 1. The van der Waals surface area contributed by atoms with Gasteiger partial charge in [0.1, 0.15) is 12.2 Å². The van der Waals surface area contributed by atoms with Crippen molar-refractivity contribution in [3.63, 3.8) is 0 Å². The normalized spacial score (nSPS) is 17.5. The van der Waals surface area contributed by atoms with Crippen molar-refractivity contribution in [2.75, 3.05) is 6.54 Å². The third-order valence-electron chi connectivity index (χ3n) is 4.53. The van der Waals surface area contributed by atoms with E-state index in [0.29, 0.717) is 12.8 Å². The number of hydrogen-bond donors (Lipinski definition) is 1. The first kappa shape index (κ1) is 14.8. The Morgan fingerprint density at radius 1 is 1.29 bits per heavy atom. The molecule has 1 aliphatic rings. The van der Waals surface area contributed by atoms with E-state index in [0.717, 1.165) is 41.9 Å². The zero-order chi connectivity index (χ0) is 16.4. The number of aromatic amines is 1. The number of carbonyl (C=O) groups excluding carboxylic acids is 1. The van der Waals surface area contributed by atoms with Gasteiger partial charge in [0.25, 0.3) is 0 Å². The molecule has 0 bridgehead atoms. The zero-order valence-corrected chi connectivity index (χ0v) is 13.4. The number of hydrogen-bond acceptors (Lipinski definition) is 4. The molecule has 0 spiro atoms. The maximum atomic E-state index is 12.7. The third-order valence-corrected chi connectivity index (χ3v) is 4.53. The van der Waals surface area contributed by atoms with Crippen LogP contribution in [0.1, 0.15) is 36.8 Å². The summed E-state index contributed by atoms with van der Waals surface area (Å²) in [4.78, 5) is 30.7. The van der Waals surface area contributed by atoms with Gasteiger partial charge < -0.3 is 9.88 Å². The number of benzene rings is 1. The molecule has 1 aliphatic heterocycles. The largest absolute Gasteiger partial charge is 0.342 e. The topological polar surface area (TPSA) is 74.8 Å². The van der Waals surface area contributed by atoms with Crippen molar-refractivity contribution in [2.24, 2.45) is 0 Å². The van der Waals surface area contributed by atoms with Crippen LogP contribution in [0, 0.1) is 0 Å². The fourth-order valence-corrected chi connectivity index (χ4v) is 3.36. The van der Waals surface area contributed by atoms with Crippen molar-refractivity contribution in [3.8, 4) is 0 Å². The van der Waals surface area contributed by atoms with Crippen molar-refractivity contribution in [1.29, 1.82) is 0 Å². The average Bonchev–Trinajstić information content (AvgIpc) is 3.27. The summed E-state index contributed by atoms with van der Waals surface area (Å²) >= 11 is 0. The lowest BCUT2D eigenvalue weighted by Crippen LogP contribution is -2.31. The van der Waals surface area contributed by atoms with E-state index in [1.54, 1.807) is 12.5 Å². The van der Waals surface area contributed by atoms with E-state index in [1.807, 2.05) is 35.2 Å². The van der Waals surface area contributed by atoms with Gasteiger partial charge in [-0.05, 0) is 31.0 Å². The molecule has 0 saturated carbocycles. The summed E-state index contributed by atoms with van der Waals surface area (Å²) in [5.74, 6) is 1.03. The van der Waals surface area contributed by atoms with Crippen LogP contribution in [0.5, 0.6) is 0 Å². The Morgan fingerprint density at radius 2 is 2.21 bits per heavy atom. The van der Waals surface area contributed by atoms with Gasteiger partial charge in [-0.3, -0.25) is 4.79 Å². The minimum atomic E-state index is 0.0798. The van der Waals surface area contributed by atoms with E-state index in [1.165, 1.54) is 0 Å². The molecule has 1 atom stereocenters. The van der Waals surface area contributed by atoms with Gasteiger partial charge in [-0.15, -0.1) is 0 Å². The van der Waals surface area contributed by atoms with Gasteiger partial charge >= 0.3 is 0 Å². The molecule has 1 N–H and O–H groups in total. The first-order valence-electron chi connectivity index (χ1n) is 8.30. The van der Waals surface area contributed by atoms with Gasteiger partial charge in [0, 0.05) is 25.6 Å². The second kappa shape index (κ2) is 6.39. The van der Waals surface area contributed by atoms with E-state index in [9.17, 15) is 4.79 Å². The van der Waals surface area contributed by atoms with E-state index in [4.69, 9.17) is 0 Å². The second-order valence-electron chi connectivity index (χ2n) is 6.08. The summed E-state index contributed by atoms with van der Waals surface area (Å²) in [6, 6.07) is 9.90. The number of amides is 1. The zero-order valence-electron chi connectivity index (χ0n) is 13.4. The lowest BCUT2D eigenvalue weighted by molar-refractivity contribution is -0.132. The molecule has 2 aromatic heterocycles. The number of aromatic nitrogens is 4. The number of rotatable bonds is 4. The van der Waals surface area contributed by atoms with Crippen LogP contribution in [0.15, 0.2) is 42.9 Å². The predicted octanol–water partition coefficient (Wildman–Crippen LogP) is 2.65. The molecule has 1 amide bonds. The lowest BCUT2D eigenvalue weighted by Gasteiger charge is -2.24. The van der Waals surface area contributed by atoms with Gasteiger partial charge in [-0.2, -0.15) is 0 Å². The van der Waals surface area contributed by atoms with Crippen LogP contribution in [0.2, 0.25) is 0 Å². The number of nitrogens with zero attached hydrogens (tertiary/aromatic N) is 4. The van der Waals surface area contributed by atoms with Crippen LogP contribution < -0.4 is 0 Å². The summed E-state index contributed by atoms with van der Waals surface area (Å²) < 4.78 is 0. The maximum absolute atomic E-state index is 12.7. The number of aryl methyl sites for hydroxylation is 1. The van der Waals surface area contributed by atoms with Crippen molar-refractivity contribution < 1.29 is 4.79 Å². The molecule has 24 heavy (non-hydrogen) atoms. The minimum Gasteiger partial charge on any atom is -0.342 e. The summed E-state index contributed by atoms with van der Waals surface area (Å²) in [7, 11) is 0. The molecular formula is C18H19N5O. The molecule has 3 heterocycles. The Balaban J connectivity index is 1.43. The highest BCUT2D eigenvalue weighted by Crippen LogP contribution is 2.31. The number of fused-ring (bicyclic) bond motifs is 1. The van der Waals surface area contributed by atoms with E-state index < -0.39 is 0 Å². The molecule has 1 saturated heterocycles. The van der Waals surface area contributed by atoms with Gasteiger partial charge in [0.15, 0.2) is 0 Å². The van der Waals surface area contributed by atoms with Crippen LogP contribution >= 0.6 is 0 Å². The van der Waals surface area contributed by atoms with Gasteiger partial charge in [-0.25, -0.2) is 15.0 Å². The van der Waals surface area contributed by atoms with Crippen molar-refractivity contribution in [2.45, 2.75) is 31.7 Å². The highest BCUT2D eigenvalue weighted by Gasteiger charge is 2.30. The van der Waals surface area contributed by atoms with Crippen LogP contribution in [-0.2, 0) is 11.2 Å². The molecule has 1 fully saturated rings. The van der Waals surface area contributed by atoms with Crippen molar-refractivity contribution >= 4 is 16.9 Å². The van der Waals surface area contributed by atoms with Gasteiger partial charge in [0.2, 0.25) is 5.91 Å². The second-order valence-corrected chi connectivity index (χ2v) is 6.08. The average molecular weight is 321 g/mol. The number of carbonyl (C=O) groups is 1. The molecule has 6 heteroatoms. The summed E-state index contributed by atoms with van der Waals surface area (Å²) in [5.41, 5.74) is 2.89. The SMILES string of the molecule is O=C(CCc1nc2ccccc2[nH]1)N1CCCC1c1ccncn1. The maximum Gasteiger partial charge on any atom is 0.223 e. The highest BCUT2D eigenvalue weighted by atomic mass is 16.2. The summed E-state index contributed by atoms with van der Waals surface area (Å²) in [6.07, 6.45) is 6.35. The Kier molecular flexibility index (Phi) is 3.94. The molecule has 0 aliphatic carbocycles. The van der Waals surface area contributed by atoms with Crippen LogP contribution in [0.25, 0.3) is 11.0 Å². The molecule has 3 aromatic rings. The van der Waals surface area contributed by atoms with E-state index in [2.05, 4.69) is 19.9 Å². The fourth-order valence-electron chi connectivity index (χ4n) is 3.36. The smallest absolute Gasteiger partial charge is 0.223 e. The molecular weight excluding hydrogens is 302 g/mol. The molecule has 1 aromatic carbocycles.